The summed E-state index contributed by atoms with van der Waals surface area (Å²) in [5.41, 5.74) is 5.55. The van der Waals surface area contributed by atoms with Crippen molar-refractivity contribution in [2.75, 3.05) is 0 Å². The summed E-state index contributed by atoms with van der Waals surface area (Å²) in [6.07, 6.45) is 0.948. The monoisotopic (exact) mass is 258 g/mol. The van der Waals surface area contributed by atoms with Gasteiger partial charge >= 0.3 is 5.97 Å². The third-order valence-electron chi connectivity index (χ3n) is 3.47. The maximum Gasteiger partial charge on any atom is 0.335 e. The molecular formula is C15H18N2O2. The molecule has 0 amide bonds. The van der Waals surface area contributed by atoms with Crippen LogP contribution in [0.2, 0.25) is 0 Å². The first-order valence-electron chi connectivity index (χ1n) is 6.35. The minimum atomic E-state index is -0.905. The Morgan fingerprint density at radius 3 is 2.47 bits per heavy atom. The summed E-state index contributed by atoms with van der Waals surface area (Å²) in [4.78, 5) is 11.0. The van der Waals surface area contributed by atoms with Crippen LogP contribution in [0.5, 0.6) is 0 Å². The van der Waals surface area contributed by atoms with E-state index in [1.165, 1.54) is 5.56 Å². The van der Waals surface area contributed by atoms with Crippen LogP contribution in [0.15, 0.2) is 18.2 Å². The SMILES string of the molecule is CCc1c(C)nn(-c2ccc(C(=O)O)cc2C)c1C. The van der Waals surface area contributed by atoms with Crippen molar-refractivity contribution in [3.05, 3.63) is 46.3 Å². The molecule has 0 aliphatic rings. The van der Waals surface area contributed by atoms with Gasteiger partial charge in [0.2, 0.25) is 0 Å². The Labute approximate surface area is 112 Å². The zero-order valence-electron chi connectivity index (χ0n) is 11.7. The van der Waals surface area contributed by atoms with Crippen molar-refractivity contribution >= 4 is 5.97 Å². The quantitative estimate of drug-likeness (QED) is 0.920. The lowest BCUT2D eigenvalue weighted by Gasteiger charge is -2.09. The molecule has 0 saturated heterocycles. The molecule has 1 heterocycles. The fourth-order valence-corrected chi connectivity index (χ4v) is 2.45. The fourth-order valence-electron chi connectivity index (χ4n) is 2.45. The lowest BCUT2D eigenvalue weighted by molar-refractivity contribution is 0.0697. The molecule has 0 aliphatic carbocycles. The van der Waals surface area contributed by atoms with Crippen LogP contribution in [0.3, 0.4) is 0 Å². The largest absolute Gasteiger partial charge is 0.478 e. The number of carboxylic acids is 1. The second-order valence-corrected chi connectivity index (χ2v) is 4.72. The molecule has 0 unspecified atom stereocenters. The van der Waals surface area contributed by atoms with E-state index in [9.17, 15) is 4.79 Å². The van der Waals surface area contributed by atoms with Crippen LogP contribution in [0.1, 0.15) is 39.8 Å². The van der Waals surface area contributed by atoms with E-state index in [2.05, 4.69) is 12.0 Å². The first kappa shape index (κ1) is 13.3. The number of aromatic nitrogens is 2. The number of aromatic carboxylic acids is 1. The van der Waals surface area contributed by atoms with E-state index in [0.29, 0.717) is 5.56 Å². The van der Waals surface area contributed by atoms with E-state index in [1.54, 1.807) is 12.1 Å². The van der Waals surface area contributed by atoms with Gasteiger partial charge in [-0.2, -0.15) is 5.10 Å². The summed E-state index contributed by atoms with van der Waals surface area (Å²) in [7, 11) is 0. The molecule has 0 saturated carbocycles. The van der Waals surface area contributed by atoms with Crippen molar-refractivity contribution < 1.29 is 9.90 Å². The van der Waals surface area contributed by atoms with E-state index in [1.807, 2.05) is 31.5 Å². The van der Waals surface area contributed by atoms with Crippen LogP contribution in [-0.4, -0.2) is 20.9 Å². The lowest BCUT2D eigenvalue weighted by Crippen LogP contribution is -2.04. The van der Waals surface area contributed by atoms with Crippen LogP contribution in [-0.2, 0) is 6.42 Å². The Kier molecular flexibility index (Phi) is 3.42. The van der Waals surface area contributed by atoms with Crippen molar-refractivity contribution in [2.24, 2.45) is 0 Å². The van der Waals surface area contributed by atoms with Crippen LogP contribution in [0, 0.1) is 20.8 Å². The highest BCUT2D eigenvalue weighted by molar-refractivity contribution is 5.88. The van der Waals surface area contributed by atoms with Crippen LogP contribution < -0.4 is 0 Å². The van der Waals surface area contributed by atoms with Gasteiger partial charge in [0, 0.05) is 5.69 Å². The average Bonchev–Trinajstić information content (AvgIpc) is 2.64. The number of hydrogen-bond donors (Lipinski definition) is 1. The summed E-state index contributed by atoms with van der Waals surface area (Å²) in [6.45, 7) is 8.07. The topological polar surface area (TPSA) is 55.1 Å². The summed E-state index contributed by atoms with van der Waals surface area (Å²) in [6, 6.07) is 5.12. The van der Waals surface area contributed by atoms with Crippen LogP contribution in [0.25, 0.3) is 5.69 Å². The first-order chi connectivity index (χ1) is 8.95. The molecule has 4 nitrogen and oxygen atoms in total. The van der Waals surface area contributed by atoms with Gasteiger partial charge in [0.05, 0.1) is 16.9 Å². The number of carboxylic acid groups (broad SMARTS) is 1. The Hall–Kier alpha value is -2.10. The van der Waals surface area contributed by atoms with Crippen molar-refractivity contribution in [2.45, 2.75) is 34.1 Å². The number of carbonyl (C=O) groups is 1. The zero-order valence-corrected chi connectivity index (χ0v) is 11.7. The molecular weight excluding hydrogens is 240 g/mol. The van der Waals surface area contributed by atoms with Gasteiger partial charge in [0.1, 0.15) is 0 Å². The van der Waals surface area contributed by atoms with E-state index >= 15 is 0 Å². The molecule has 4 heteroatoms. The highest BCUT2D eigenvalue weighted by Gasteiger charge is 2.13. The second kappa shape index (κ2) is 4.88. The molecule has 1 N–H and O–H groups in total. The molecule has 0 bridgehead atoms. The van der Waals surface area contributed by atoms with Crippen molar-refractivity contribution in [3.63, 3.8) is 0 Å². The van der Waals surface area contributed by atoms with Gasteiger partial charge in [-0.25, -0.2) is 9.48 Å². The van der Waals surface area contributed by atoms with Crippen LogP contribution in [0.4, 0.5) is 0 Å². The maximum absolute atomic E-state index is 11.0. The standard InChI is InChI=1S/C15H18N2O2/c1-5-13-10(3)16-17(11(13)4)14-7-6-12(15(18)19)8-9(14)2/h6-8H,5H2,1-4H3,(H,18,19). The Balaban J connectivity index is 2.57. The van der Waals surface area contributed by atoms with Gasteiger partial charge in [-0.15, -0.1) is 0 Å². The summed E-state index contributed by atoms with van der Waals surface area (Å²) >= 11 is 0. The molecule has 2 aromatic rings. The van der Waals surface area contributed by atoms with Gasteiger partial charge in [-0.3, -0.25) is 0 Å². The number of rotatable bonds is 3. The lowest BCUT2D eigenvalue weighted by atomic mass is 10.1. The Bertz CT molecular complexity index is 642. The van der Waals surface area contributed by atoms with Gasteiger partial charge < -0.3 is 5.11 Å². The number of benzene rings is 1. The van der Waals surface area contributed by atoms with Crippen molar-refractivity contribution in [3.8, 4) is 5.69 Å². The predicted octanol–water partition coefficient (Wildman–Crippen LogP) is 3.06. The molecule has 2 rings (SSSR count). The minimum absolute atomic E-state index is 0.304. The molecule has 1 aromatic heterocycles. The first-order valence-corrected chi connectivity index (χ1v) is 6.35. The van der Waals surface area contributed by atoms with Gasteiger partial charge in [0.15, 0.2) is 0 Å². The molecule has 1 aromatic carbocycles. The number of hydrogen-bond acceptors (Lipinski definition) is 2. The predicted molar refractivity (Wildman–Crippen MR) is 74.1 cm³/mol. The van der Waals surface area contributed by atoms with Crippen molar-refractivity contribution in [1.82, 2.24) is 9.78 Å². The molecule has 0 spiro atoms. The van der Waals surface area contributed by atoms with Crippen molar-refractivity contribution in [1.29, 1.82) is 0 Å². The number of nitrogens with zero attached hydrogens (tertiary/aromatic N) is 2. The Morgan fingerprint density at radius 2 is 2.00 bits per heavy atom. The fraction of sp³-hybridized carbons (Fsp3) is 0.333. The minimum Gasteiger partial charge on any atom is -0.478 e. The summed E-state index contributed by atoms with van der Waals surface area (Å²) in [5.74, 6) is -0.905. The molecule has 100 valence electrons. The zero-order chi connectivity index (χ0) is 14.2. The average molecular weight is 258 g/mol. The van der Waals surface area contributed by atoms with E-state index in [-0.39, 0.29) is 0 Å². The molecule has 0 fully saturated rings. The van der Waals surface area contributed by atoms with Gasteiger partial charge in [0.25, 0.3) is 0 Å². The van der Waals surface area contributed by atoms with E-state index < -0.39 is 5.97 Å². The Morgan fingerprint density at radius 1 is 1.32 bits per heavy atom. The molecule has 0 aliphatic heterocycles. The van der Waals surface area contributed by atoms with E-state index in [4.69, 9.17) is 5.11 Å². The maximum atomic E-state index is 11.0. The van der Waals surface area contributed by atoms with Crippen LogP contribution >= 0.6 is 0 Å². The van der Waals surface area contributed by atoms with E-state index in [0.717, 1.165) is 29.1 Å². The van der Waals surface area contributed by atoms with Gasteiger partial charge in [-0.1, -0.05) is 6.92 Å². The molecule has 0 radical (unpaired) electrons. The third kappa shape index (κ3) is 2.26. The third-order valence-corrected chi connectivity index (χ3v) is 3.47. The summed E-state index contributed by atoms with van der Waals surface area (Å²) < 4.78 is 1.90. The second-order valence-electron chi connectivity index (χ2n) is 4.72. The smallest absolute Gasteiger partial charge is 0.335 e. The highest BCUT2D eigenvalue weighted by Crippen LogP contribution is 2.21. The molecule has 0 atom stereocenters. The summed E-state index contributed by atoms with van der Waals surface area (Å²) in [5, 5.41) is 13.5. The highest BCUT2D eigenvalue weighted by atomic mass is 16.4. The normalized spacial score (nSPS) is 10.7. The van der Waals surface area contributed by atoms with Gasteiger partial charge in [-0.05, 0) is 56.5 Å². The molecule has 19 heavy (non-hydrogen) atoms. The number of aryl methyl sites for hydroxylation is 2.